The normalized spacial score (nSPS) is 21.4. The quantitative estimate of drug-likeness (QED) is 0.661. The summed E-state index contributed by atoms with van der Waals surface area (Å²) in [5.41, 5.74) is 2.03. The van der Waals surface area contributed by atoms with Gasteiger partial charge in [0, 0.05) is 4.90 Å². The standard InChI is InChI=1S/C21H18O2S2/c22-25(23)16-15-21(17-9-3-1-4-10-17,19-13-7-8-14-20(19)25)24-18-11-5-2-6-12-18/h1-14H,15-16H2. The van der Waals surface area contributed by atoms with E-state index in [1.165, 1.54) is 0 Å². The third-order valence-electron chi connectivity index (χ3n) is 4.66. The molecule has 1 heterocycles. The monoisotopic (exact) mass is 366 g/mol. The molecular formula is C21H18O2S2. The van der Waals surface area contributed by atoms with Crippen LogP contribution in [-0.2, 0) is 14.6 Å². The van der Waals surface area contributed by atoms with Gasteiger partial charge in [-0.2, -0.15) is 0 Å². The average molecular weight is 367 g/mol. The minimum absolute atomic E-state index is 0.165. The molecule has 1 aliphatic rings. The molecule has 1 atom stereocenters. The van der Waals surface area contributed by atoms with Crippen LogP contribution in [0.4, 0.5) is 0 Å². The van der Waals surface area contributed by atoms with Crippen LogP contribution in [0.2, 0.25) is 0 Å². The van der Waals surface area contributed by atoms with Crippen LogP contribution in [0.25, 0.3) is 0 Å². The van der Waals surface area contributed by atoms with Crippen LogP contribution < -0.4 is 0 Å². The minimum Gasteiger partial charge on any atom is -0.224 e. The highest BCUT2D eigenvalue weighted by Gasteiger charge is 2.44. The van der Waals surface area contributed by atoms with Crippen molar-refractivity contribution in [3.05, 3.63) is 96.1 Å². The predicted molar refractivity (Wildman–Crippen MR) is 103 cm³/mol. The van der Waals surface area contributed by atoms with E-state index in [2.05, 4.69) is 24.3 Å². The molecule has 126 valence electrons. The first-order valence-corrected chi connectivity index (χ1v) is 10.7. The van der Waals surface area contributed by atoms with Crippen molar-refractivity contribution < 1.29 is 8.42 Å². The fourth-order valence-corrected chi connectivity index (χ4v) is 6.75. The molecule has 1 aliphatic heterocycles. The van der Waals surface area contributed by atoms with E-state index in [1.54, 1.807) is 17.8 Å². The highest BCUT2D eigenvalue weighted by Crippen LogP contribution is 2.53. The maximum atomic E-state index is 12.6. The third kappa shape index (κ3) is 2.90. The number of hydrogen-bond acceptors (Lipinski definition) is 3. The Morgan fingerprint density at radius 1 is 0.760 bits per heavy atom. The molecule has 0 bridgehead atoms. The molecule has 0 aliphatic carbocycles. The molecule has 3 aromatic rings. The van der Waals surface area contributed by atoms with Crippen LogP contribution in [0.5, 0.6) is 0 Å². The van der Waals surface area contributed by atoms with Gasteiger partial charge in [-0.1, -0.05) is 66.7 Å². The van der Waals surface area contributed by atoms with Crippen LogP contribution in [-0.4, -0.2) is 14.2 Å². The molecule has 0 spiro atoms. The molecule has 1 unspecified atom stereocenters. The van der Waals surface area contributed by atoms with E-state index < -0.39 is 14.6 Å². The molecule has 3 aromatic carbocycles. The lowest BCUT2D eigenvalue weighted by Gasteiger charge is -2.39. The van der Waals surface area contributed by atoms with Crippen molar-refractivity contribution in [3.8, 4) is 0 Å². The van der Waals surface area contributed by atoms with E-state index >= 15 is 0 Å². The van der Waals surface area contributed by atoms with Gasteiger partial charge in [0.2, 0.25) is 0 Å². The smallest absolute Gasteiger partial charge is 0.178 e. The van der Waals surface area contributed by atoms with Gasteiger partial charge in [-0.15, -0.1) is 11.8 Å². The van der Waals surface area contributed by atoms with Crippen LogP contribution in [0.3, 0.4) is 0 Å². The Labute approximate surface area is 152 Å². The predicted octanol–water partition coefficient (Wildman–Crippen LogP) is 4.90. The van der Waals surface area contributed by atoms with E-state index in [0.29, 0.717) is 11.3 Å². The highest BCUT2D eigenvalue weighted by atomic mass is 32.2. The number of fused-ring (bicyclic) bond motifs is 1. The van der Waals surface area contributed by atoms with Gasteiger partial charge in [0.05, 0.1) is 15.4 Å². The van der Waals surface area contributed by atoms with Gasteiger partial charge in [0.1, 0.15) is 0 Å². The summed E-state index contributed by atoms with van der Waals surface area (Å²) in [6.45, 7) is 0. The van der Waals surface area contributed by atoms with E-state index in [9.17, 15) is 8.42 Å². The molecule has 0 amide bonds. The van der Waals surface area contributed by atoms with Crippen molar-refractivity contribution in [3.63, 3.8) is 0 Å². The van der Waals surface area contributed by atoms with Crippen LogP contribution >= 0.6 is 11.8 Å². The van der Waals surface area contributed by atoms with Crippen LogP contribution in [0.1, 0.15) is 17.5 Å². The zero-order valence-electron chi connectivity index (χ0n) is 13.6. The number of sulfone groups is 1. The second-order valence-corrected chi connectivity index (χ2v) is 9.62. The topological polar surface area (TPSA) is 34.1 Å². The zero-order chi connectivity index (χ0) is 17.3. The van der Waals surface area contributed by atoms with Crippen LogP contribution in [0.15, 0.2) is 94.7 Å². The van der Waals surface area contributed by atoms with Gasteiger partial charge >= 0.3 is 0 Å². The minimum atomic E-state index is -3.23. The molecule has 0 fully saturated rings. The first-order chi connectivity index (χ1) is 12.1. The highest BCUT2D eigenvalue weighted by molar-refractivity contribution is 8.00. The number of rotatable bonds is 3. The Morgan fingerprint density at radius 3 is 2.08 bits per heavy atom. The lowest BCUT2D eigenvalue weighted by atomic mass is 9.87. The Morgan fingerprint density at radius 2 is 1.36 bits per heavy atom. The maximum absolute atomic E-state index is 12.6. The Balaban J connectivity index is 1.97. The Kier molecular flexibility index (Phi) is 4.18. The number of thioether (sulfide) groups is 1. The molecular weight excluding hydrogens is 348 g/mol. The molecule has 0 radical (unpaired) electrons. The molecule has 4 heteroatoms. The van der Waals surface area contributed by atoms with Crippen LogP contribution in [0, 0.1) is 0 Å². The molecule has 0 N–H and O–H groups in total. The summed E-state index contributed by atoms with van der Waals surface area (Å²) >= 11 is 1.74. The Hall–Kier alpha value is -2.04. The van der Waals surface area contributed by atoms with Gasteiger partial charge in [0.15, 0.2) is 9.84 Å². The molecule has 4 rings (SSSR count). The summed E-state index contributed by atoms with van der Waals surface area (Å²) in [6.07, 6.45) is 0.565. The fourth-order valence-electron chi connectivity index (χ4n) is 3.46. The third-order valence-corrected chi connectivity index (χ3v) is 7.94. The van der Waals surface area contributed by atoms with Gasteiger partial charge in [-0.05, 0) is 35.7 Å². The van der Waals surface area contributed by atoms with E-state index in [4.69, 9.17) is 0 Å². The van der Waals surface area contributed by atoms with Crippen molar-refractivity contribution in [2.24, 2.45) is 0 Å². The van der Waals surface area contributed by atoms with Crippen molar-refractivity contribution in [2.45, 2.75) is 21.0 Å². The van der Waals surface area contributed by atoms with Gasteiger partial charge < -0.3 is 0 Å². The van der Waals surface area contributed by atoms with E-state index in [0.717, 1.165) is 16.0 Å². The SMILES string of the molecule is O=S1(=O)CCC(Sc2ccccc2)(c2ccccc2)c2ccccc21. The molecule has 2 nitrogen and oxygen atoms in total. The molecule has 0 aromatic heterocycles. The zero-order valence-corrected chi connectivity index (χ0v) is 15.3. The second-order valence-electron chi connectivity index (χ2n) is 6.17. The maximum Gasteiger partial charge on any atom is 0.178 e. The number of benzene rings is 3. The van der Waals surface area contributed by atoms with Crippen molar-refractivity contribution in [2.75, 3.05) is 5.75 Å². The number of hydrogen-bond donors (Lipinski definition) is 0. The van der Waals surface area contributed by atoms with Crippen molar-refractivity contribution in [1.29, 1.82) is 0 Å². The van der Waals surface area contributed by atoms with Crippen molar-refractivity contribution in [1.82, 2.24) is 0 Å². The first-order valence-electron chi connectivity index (χ1n) is 8.24. The summed E-state index contributed by atoms with van der Waals surface area (Å²) < 4.78 is 24.9. The van der Waals surface area contributed by atoms with E-state index in [1.807, 2.05) is 54.6 Å². The summed E-state index contributed by atoms with van der Waals surface area (Å²) in [5, 5.41) is 0. The second kappa shape index (κ2) is 6.36. The summed E-state index contributed by atoms with van der Waals surface area (Å²) in [5.74, 6) is 0.165. The first kappa shape index (κ1) is 16.4. The molecule has 0 saturated carbocycles. The van der Waals surface area contributed by atoms with Gasteiger partial charge in [-0.25, -0.2) is 8.42 Å². The fraction of sp³-hybridized carbons (Fsp3) is 0.143. The van der Waals surface area contributed by atoms with E-state index in [-0.39, 0.29) is 5.75 Å². The lowest BCUT2D eigenvalue weighted by Crippen LogP contribution is -2.33. The average Bonchev–Trinajstić information content (AvgIpc) is 2.66. The summed E-state index contributed by atoms with van der Waals surface area (Å²) in [7, 11) is -3.23. The van der Waals surface area contributed by atoms with Gasteiger partial charge in [-0.3, -0.25) is 0 Å². The molecule has 25 heavy (non-hydrogen) atoms. The van der Waals surface area contributed by atoms with Crippen molar-refractivity contribution >= 4 is 21.6 Å². The summed E-state index contributed by atoms with van der Waals surface area (Å²) in [4.78, 5) is 1.61. The lowest BCUT2D eigenvalue weighted by molar-refractivity contribution is 0.570. The largest absolute Gasteiger partial charge is 0.224 e. The van der Waals surface area contributed by atoms with Gasteiger partial charge in [0.25, 0.3) is 0 Å². The summed E-state index contributed by atoms with van der Waals surface area (Å²) in [6, 6.07) is 27.9. The molecule has 0 saturated heterocycles. The Bertz CT molecular complexity index is 983.